The van der Waals surface area contributed by atoms with Gasteiger partial charge in [-0.3, -0.25) is 0 Å². The van der Waals surface area contributed by atoms with Crippen LogP contribution in [0.15, 0.2) is 18.7 Å². The van der Waals surface area contributed by atoms with Crippen molar-refractivity contribution in [2.75, 3.05) is 13.1 Å². The van der Waals surface area contributed by atoms with E-state index in [1.807, 2.05) is 10.8 Å². The van der Waals surface area contributed by atoms with Crippen LogP contribution >= 0.6 is 10.7 Å². The van der Waals surface area contributed by atoms with Gasteiger partial charge >= 0.3 is 0 Å². The maximum atomic E-state index is 10.8. The summed E-state index contributed by atoms with van der Waals surface area (Å²) in [6.45, 7) is 0.865. The summed E-state index contributed by atoms with van der Waals surface area (Å²) in [5, 5.41) is 0. The van der Waals surface area contributed by atoms with Crippen LogP contribution in [0.4, 0.5) is 0 Å². The lowest BCUT2D eigenvalue weighted by Crippen LogP contribution is -2.48. The minimum Gasteiger partial charge on any atom is -0.332 e. The molecule has 1 saturated heterocycles. The maximum Gasteiger partial charge on any atom is 0.299 e. The van der Waals surface area contributed by atoms with Crippen LogP contribution in [0.5, 0.6) is 0 Å². The summed E-state index contributed by atoms with van der Waals surface area (Å²) in [6, 6.07) is 0.177. The third kappa shape index (κ3) is 1.70. The summed E-state index contributed by atoms with van der Waals surface area (Å²) < 4.78 is 24.7. The van der Waals surface area contributed by atoms with E-state index < -0.39 is 9.24 Å². The van der Waals surface area contributed by atoms with Gasteiger partial charge < -0.3 is 4.57 Å². The molecular formula is C6H8ClN3O2S. The molecule has 2 rings (SSSR count). The fourth-order valence-electron chi connectivity index (χ4n) is 1.27. The molecule has 0 aromatic carbocycles. The third-order valence-electron chi connectivity index (χ3n) is 2.08. The van der Waals surface area contributed by atoms with E-state index in [4.69, 9.17) is 10.7 Å². The van der Waals surface area contributed by atoms with Crippen molar-refractivity contribution in [1.29, 1.82) is 0 Å². The average molecular weight is 222 g/mol. The molecule has 1 aliphatic heterocycles. The molecule has 1 aromatic rings. The van der Waals surface area contributed by atoms with Crippen molar-refractivity contribution in [2.45, 2.75) is 6.04 Å². The molecule has 2 heterocycles. The lowest BCUT2D eigenvalue weighted by Gasteiger charge is -2.36. The Bertz CT molecular complexity index is 382. The van der Waals surface area contributed by atoms with Crippen LogP contribution in [0, 0.1) is 0 Å². The van der Waals surface area contributed by atoms with Crippen molar-refractivity contribution in [3.8, 4) is 0 Å². The van der Waals surface area contributed by atoms with Crippen LogP contribution in [0.1, 0.15) is 6.04 Å². The summed E-state index contributed by atoms with van der Waals surface area (Å²) in [4.78, 5) is 3.87. The van der Waals surface area contributed by atoms with Crippen molar-refractivity contribution < 1.29 is 8.42 Å². The van der Waals surface area contributed by atoms with Crippen LogP contribution in [-0.4, -0.2) is 35.4 Å². The van der Waals surface area contributed by atoms with Crippen LogP contribution in [0.3, 0.4) is 0 Å². The molecule has 0 unspecified atom stereocenters. The van der Waals surface area contributed by atoms with E-state index in [-0.39, 0.29) is 6.04 Å². The molecule has 5 nitrogen and oxygen atoms in total. The largest absolute Gasteiger partial charge is 0.332 e. The average Bonchev–Trinajstić information content (AvgIpc) is 2.31. The van der Waals surface area contributed by atoms with Crippen molar-refractivity contribution in [3.05, 3.63) is 18.7 Å². The Labute approximate surface area is 80.5 Å². The standard InChI is InChI=1S/C6H8ClN3O2S/c7-13(11,12)10-3-6(4-10)9-2-1-8-5-9/h1-2,5-6H,3-4H2. The topological polar surface area (TPSA) is 55.2 Å². The molecule has 1 aliphatic rings. The van der Waals surface area contributed by atoms with Crippen molar-refractivity contribution in [3.63, 3.8) is 0 Å². The highest BCUT2D eigenvalue weighted by molar-refractivity contribution is 8.11. The molecule has 0 radical (unpaired) electrons. The molecule has 72 valence electrons. The minimum atomic E-state index is -3.52. The molecule has 1 aromatic heterocycles. The number of aromatic nitrogens is 2. The Morgan fingerprint density at radius 1 is 1.46 bits per heavy atom. The smallest absolute Gasteiger partial charge is 0.299 e. The first-order valence-corrected chi connectivity index (χ1v) is 6.01. The lowest BCUT2D eigenvalue weighted by molar-refractivity contribution is 0.208. The van der Waals surface area contributed by atoms with Gasteiger partial charge in [0, 0.05) is 36.2 Å². The molecular weight excluding hydrogens is 214 g/mol. The molecule has 0 amide bonds. The molecule has 0 bridgehead atoms. The Balaban J connectivity index is 2.00. The molecule has 0 spiro atoms. The Hall–Kier alpha value is -0.590. The van der Waals surface area contributed by atoms with Gasteiger partial charge in [-0.25, -0.2) is 4.98 Å². The van der Waals surface area contributed by atoms with Crippen LogP contribution in [0.2, 0.25) is 0 Å². The van der Waals surface area contributed by atoms with Crippen LogP contribution in [-0.2, 0) is 9.24 Å². The summed E-state index contributed by atoms with van der Waals surface area (Å²) in [7, 11) is 1.62. The number of rotatable bonds is 2. The highest BCUT2D eigenvalue weighted by atomic mass is 35.7. The minimum absolute atomic E-state index is 0.177. The van der Waals surface area contributed by atoms with Gasteiger partial charge in [0.05, 0.1) is 12.4 Å². The van der Waals surface area contributed by atoms with Gasteiger partial charge in [0.2, 0.25) is 0 Å². The van der Waals surface area contributed by atoms with Gasteiger partial charge in [0.15, 0.2) is 0 Å². The fourth-order valence-corrected chi connectivity index (χ4v) is 2.31. The van der Waals surface area contributed by atoms with E-state index in [2.05, 4.69) is 4.98 Å². The number of nitrogens with zero attached hydrogens (tertiary/aromatic N) is 3. The zero-order chi connectivity index (χ0) is 9.47. The molecule has 0 aliphatic carbocycles. The zero-order valence-electron chi connectivity index (χ0n) is 6.67. The van der Waals surface area contributed by atoms with Gasteiger partial charge in [0.25, 0.3) is 9.24 Å². The van der Waals surface area contributed by atoms with Crippen molar-refractivity contribution in [2.24, 2.45) is 0 Å². The first-order chi connectivity index (χ1) is 6.07. The van der Waals surface area contributed by atoms with E-state index in [1.165, 1.54) is 4.31 Å². The van der Waals surface area contributed by atoms with Gasteiger partial charge in [0.1, 0.15) is 0 Å². The second-order valence-corrected chi connectivity index (χ2v) is 5.43. The predicted octanol–water partition coefficient (Wildman–Crippen LogP) is 0.223. The maximum absolute atomic E-state index is 10.8. The van der Waals surface area contributed by atoms with E-state index in [0.29, 0.717) is 13.1 Å². The molecule has 0 N–H and O–H groups in total. The molecule has 0 saturated carbocycles. The lowest BCUT2D eigenvalue weighted by atomic mass is 10.2. The second kappa shape index (κ2) is 2.97. The summed E-state index contributed by atoms with van der Waals surface area (Å²) >= 11 is 0. The van der Waals surface area contributed by atoms with Crippen molar-refractivity contribution in [1.82, 2.24) is 13.9 Å². The van der Waals surface area contributed by atoms with E-state index in [0.717, 1.165) is 0 Å². The van der Waals surface area contributed by atoms with Crippen LogP contribution < -0.4 is 0 Å². The fraction of sp³-hybridized carbons (Fsp3) is 0.500. The predicted molar refractivity (Wildman–Crippen MR) is 47.6 cm³/mol. The normalized spacial score (nSPS) is 20.1. The van der Waals surface area contributed by atoms with Crippen LogP contribution in [0.25, 0.3) is 0 Å². The molecule has 7 heteroatoms. The summed E-state index contributed by atoms with van der Waals surface area (Å²) in [6.07, 6.45) is 5.14. The van der Waals surface area contributed by atoms with Gasteiger partial charge in [-0.05, 0) is 0 Å². The van der Waals surface area contributed by atoms with Gasteiger partial charge in [-0.2, -0.15) is 12.7 Å². The first kappa shape index (κ1) is 8.98. The monoisotopic (exact) mass is 221 g/mol. The van der Waals surface area contributed by atoms with Gasteiger partial charge in [-0.15, -0.1) is 0 Å². The Morgan fingerprint density at radius 3 is 2.62 bits per heavy atom. The molecule has 0 atom stereocenters. The zero-order valence-corrected chi connectivity index (χ0v) is 8.24. The Kier molecular flexibility index (Phi) is 2.05. The summed E-state index contributed by atoms with van der Waals surface area (Å²) in [5.74, 6) is 0. The van der Waals surface area contributed by atoms with E-state index in [1.54, 1.807) is 12.5 Å². The number of hydrogen-bond donors (Lipinski definition) is 0. The third-order valence-corrected chi connectivity index (χ3v) is 3.58. The molecule has 1 fully saturated rings. The number of hydrogen-bond acceptors (Lipinski definition) is 3. The molecule has 13 heavy (non-hydrogen) atoms. The quantitative estimate of drug-likeness (QED) is 0.672. The SMILES string of the molecule is O=S(=O)(Cl)N1CC(n2ccnc2)C1. The highest BCUT2D eigenvalue weighted by Gasteiger charge is 2.35. The number of halogens is 1. The highest BCUT2D eigenvalue weighted by Crippen LogP contribution is 2.25. The first-order valence-electron chi connectivity index (χ1n) is 3.74. The van der Waals surface area contributed by atoms with Gasteiger partial charge in [-0.1, -0.05) is 0 Å². The summed E-state index contributed by atoms with van der Waals surface area (Å²) in [5.41, 5.74) is 0. The number of imidazole rings is 1. The second-order valence-electron chi connectivity index (χ2n) is 2.92. The van der Waals surface area contributed by atoms with E-state index >= 15 is 0 Å². The van der Waals surface area contributed by atoms with Crippen molar-refractivity contribution >= 4 is 19.9 Å². The Morgan fingerprint density at radius 2 is 2.15 bits per heavy atom. The van der Waals surface area contributed by atoms with E-state index in [9.17, 15) is 8.42 Å².